The Morgan fingerprint density at radius 3 is 2.52 bits per heavy atom. The van der Waals surface area contributed by atoms with Crippen molar-refractivity contribution in [2.24, 2.45) is 7.05 Å². The number of furan rings is 1. The number of benzene rings is 1. The van der Waals surface area contributed by atoms with Crippen molar-refractivity contribution in [2.45, 2.75) is 46.7 Å². The molecular formula is C26H34N4O3. The summed E-state index contributed by atoms with van der Waals surface area (Å²) in [6.45, 7) is 7.35. The van der Waals surface area contributed by atoms with Crippen LogP contribution >= 0.6 is 0 Å². The lowest BCUT2D eigenvalue weighted by molar-refractivity contribution is -0.133. The van der Waals surface area contributed by atoms with E-state index < -0.39 is 0 Å². The summed E-state index contributed by atoms with van der Waals surface area (Å²) < 4.78 is 7.48. The molecule has 0 unspecified atom stereocenters. The van der Waals surface area contributed by atoms with Crippen LogP contribution < -0.4 is 5.32 Å². The molecule has 7 heteroatoms. The van der Waals surface area contributed by atoms with Crippen molar-refractivity contribution in [3.8, 4) is 0 Å². The molecule has 2 heterocycles. The van der Waals surface area contributed by atoms with Crippen LogP contribution in [0.25, 0.3) is 0 Å². The van der Waals surface area contributed by atoms with E-state index in [4.69, 9.17) is 4.42 Å². The number of carbonyl (C=O) groups excluding carboxylic acids is 2. The number of nitrogens with one attached hydrogen (secondary N) is 1. The van der Waals surface area contributed by atoms with Crippen LogP contribution in [0.3, 0.4) is 0 Å². The van der Waals surface area contributed by atoms with Crippen molar-refractivity contribution in [2.75, 3.05) is 18.4 Å². The number of aromatic nitrogens is 1. The van der Waals surface area contributed by atoms with Gasteiger partial charge in [-0.1, -0.05) is 31.0 Å². The summed E-state index contributed by atoms with van der Waals surface area (Å²) in [7, 11) is 1.95. The van der Waals surface area contributed by atoms with Gasteiger partial charge in [0.1, 0.15) is 12.3 Å². The highest BCUT2D eigenvalue weighted by molar-refractivity contribution is 5.93. The maximum atomic E-state index is 13.4. The molecule has 1 aromatic carbocycles. The molecule has 0 aliphatic rings. The van der Waals surface area contributed by atoms with Crippen LogP contribution in [-0.2, 0) is 24.9 Å². The van der Waals surface area contributed by atoms with Crippen molar-refractivity contribution < 1.29 is 14.0 Å². The van der Waals surface area contributed by atoms with Gasteiger partial charge >= 0.3 is 6.03 Å². The van der Waals surface area contributed by atoms with E-state index >= 15 is 0 Å². The van der Waals surface area contributed by atoms with E-state index in [-0.39, 0.29) is 18.5 Å². The fraction of sp³-hybridized carbons (Fsp3) is 0.385. The van der Waals surface area contributed by atoms with Crippen molar-refractivity contribution in [3.63, 3.8) is 0 Å². The van der Waals surface area contributed by atoms with E-state index in [0.717, 1.165) is 35.3 Å². The molecule has 0 aliphatic carbocycles. The summed E-state index contributed by atoms with van der Waals surface area (Å²) in [5.74, 6) is 0.580. The van der Waals surface area contributed by atoms with E-state index in [2.05, 4.69) is 12.2 Å². The zero-order valence-corrected chi connectivity index (χ0v) is 20.0. The van der Waals surface area contributed by atoms with Crippen molar-refractivity contribution in [1.82, 2.24) is 14.4 Å². The zero-order valence-electron chi connectivity index (χ0n) is 20.0. The summed E-state index contributed by atoms with van der Waals surface area (Å²) in [4.78, 5) is 29.9. The Morgan fingerprint density at radius 1 is 1.06 bits per heavy atom. The number of carbonyl (C=O) groups is 2. The summed E-state index contributed by atoms with van der Waals surface area (Å²) in [5, 5.41) is 2.98. The first-order valence-electron chi connectivity index (χ1n) is 11.4. The van der Waals surface area contributed by atoms with E-state index in [0.29, 0.717) is 25.4 Å². The minimum atomic E-state index is -0.263. The minimum Gasteiger partial charge on any atom is -0.467 e. The van der Waals surface area contributed by atoms with E-state index in [1.54, 1.807) is 16.1 Å². The molecule has 7 nitrogen and oxygen atoms in total. The zero-order chi connectivity index (χ0) is 23.8. The van der Waals surface area contributed by atoms with Gasteiger partial charge in [0.2, 0.25) is 5.91 Å². The highest BCUT2D eigenvalue weighted by atomic mass is 16.3. The number of aryl methyl sites for hydroxylation is 3. The Morgan fingerprint density at radius 2 is 1.88 bits per heavy atom. The molecule has 3 rings (SSSR count). The highest BCUT2D eigenvalue weighted by Gasteiger charge is 2.23. The van der Waals surface area contributed by atoms with Crippen molar-refractivity contribution >= 4 is 17.6 Å². The normalized spacial score (nSPS) is 10.8. The first-order valence-corrected chi connectivity index (χ1v) is 11.4. The third kappa shape index (κ3) is 6.75. The predicted octanol–water partition coefficient (Wildman–Crippen LogP) is 5.10. The smallest absolute Gasteiger partial charge is 0.322 e. The maximum Gasteiger partial charge on any atom is 0.322 e. The molecule has 0 radical (unpaired) electrons. The Bertz CT molecular complexity index is 1060. The number of hydrogen-bond donors (Lipinski definition) is 1. The van der Waals surface area contributed by atoms with Crippen molar-refractivity contribution in [1.29, 1.82) is 0 Å². The van der Waals surface area contributed by atoms with Gasteiger partial charge in [0.05, 0.1) is 19.4 Å². The standard InChI is InChI=1S/C26H34N4O3/c1-5-6-14-29(26(32)27-24-12-11-20(2)16-21(24)3)19-25(31)30(18-23-10-8-15-33-23)17-22-9-7-13-28(22)4/h7-13,15-16H,5-6,14,17-19H2,1-4H3,(H,27,32). The Balaban J connectivity index is 1.75. The molecule has 33 heavy (non-hydrogen) atoms. The number of anilines is 1. The number of urea groups is 1. The number of rotatable bonds is 10. The van der Waals surface area contributed by atoms with Gasteiger partial charge in [-0.3, -0.25) is 4.79 Å². The Hall–Kier alpha value is -3.48. The summed E-state index contributed by atoms with van der Waals surface area (Å²) in [6, 6.07) is 13.2. The van der Waals surface area contributed by atoms with Gasteiger partial charge in [-0.2, -0.15) is 0 Å². The molecule has 0 fully saturated rings. The van der Waals surface area contributed by atoms with Gasteiger partial charge in [0.25, 0.3) is 0 Å². The van der Waals surface area contributed by atoms with Crippen LogP contribution in [0.15, 0.2) is 59.3 Å². The van der Waals surface area contributed by atoms with Gasteiger partial charge in [-0.15, -0.1) is 0 Å². The summed E-state index contributed by atoms with van der Waals surface area (Å²) >= 11 is 0. The molecule has 0 aliphatic heterocycles. The van der Waals surface area contributed by atoms with Crippen LogP contribution in [0.1, 0.15) is 42.3 Å². The van der Waals surface area contributed by atoms with Crippen molar-refractivity contribution in [3.05, 3.63) is 77.5 Å². The number of hydrogen-bond acceptors (Lipinski definition) is 3. The van der Waals surface area contributed by atoms with Gasteiger partial charge in [-0.25, -0.2) is 4.79 Å². The second-order valence-electron chi connectivity index (χ2n) is 8.46. The highest BCUT2D eigenvalue weighted by Crippen LogP contribution is 2.17. The number of nitrogens with zero attached hydrogens (tertiary/aromatic N) is 3. The number of unbranched alkanes of at least 4 members (excludes halogenated alkanes) is 1. The van der Waals surface area contributed by atoms with E-state index in [9.17, 15) is 9.59 Å². The quantitative estimate of drug-likeness (QED) is 0.467. The van der Waals surface area contributed by atoms with Crippen LogP contribution in [0.4, 0.5) is 10.5 Å². The van der Waals surface area contributed by atoms with Crippen LogP contribution in [0, 0.1) is 13.8 Å². The Labute approximate surface area is 196 Å². The monoisotopic (exact) mass is 450 g/mol. The van der Waals surface area contributed by atoms with Gasteiger partial charge in [0, 0.05) is 31.2 Å². The topological polar surface area (TPSA) is 70.7 Å². The summed E-state index contributed by atoms with van der Waals surface area (Å²) in [6.07, 6.45) is 5.31. The molecule has 3 aromatic rings. The molecule has 3 amide bonds. The first kappa shape index (κ1) is 24.2. The van der Waals surface area contributed by atoms with Crippen LogP contribution in [0.5, 0.6) is 0 Å². The lowest BCUT2D eigenvalue weighted by Crippen LogP contribution is -2.44. The molecule has 0 spiro atoms. The molecule has 0 atom stereocenters. The third-order valence-corrected chi connectivity index (χ3v) is 5.70. The molecule has 0 saturated heterocycles. The molecule has 0 bridgehead atoms. The fourth-order valence-corrected chi connectivity index (χ4v) is 3.69. The maximum absolute atomic E-state index is 13.4. The average Bonchev–Trinajstić information content (AvgIpc) is 3.44. The molecular weight excluding hydrogens is 416 g/mol. The van der Waals surface area contributed by atoms with Gasteiger partial charge in [-0.05, 0) is 56.2 Å². The van der Waals surface area contributed by atoms with Crippen LogP contribution in [-0.4, -0.2) is 39.4 Å². The molecule has 176 valence electrons. The van der Waals surface area contributed by atoms with E-state index in [1.807, 2.05) is 74.1 Å². The second kappa shape index (κ2) is 11.4. The van der Waals surface area contributed by atoms with Crippen LogP contribution in [0.2, 0.25) is 0 Å². The van der Waals surface area contributed by atoms with E-state index in [1.165, 1.54) is 0 Å². The minimum absolute atomic E-state index is 0.00186. The predicted molar refractivity (Wildman–Crippen MR) is 130 cm³/mol. The van der Waals surface area contributed by atoms with Gasteiger partial charge < -0.3 is 24.1 Å². The summed E-state index contributed by atoms with van der Waals surface area (Å²) in [5.41, 5.74) is 3.90. The fourth-order valence-electron chi connectivity index (χ4n) is 3.69. The lowest BCUT2D eigenvalue weighted by atomic mass is 10.1. The van der Waals surface area contributed by atoms with Gasteiger partial charge in [0.15, 0.2) is 0 Å². The number of amides is 3. The average molecular weight is 451 g/mol. The molecule has 2 aromatic heterocycles. The lowest BCUT2D eigenvalue weighted by Gasteiger charge is -2.28. The Kier molecular flexibility index (Phi) is 8.35. The first-order chi connectivity index (χ1) is 15.9. The SMILES string of the molecule is CCCCN(CC(=O)N(Cc1ccco1)Cc1cccn1C)C(=O)Nc1ccc(C)cc1C. The third-order valence-electron chi connectivity index (χ3n) is 5.70. The molecule has 1 N–H and O–H groups in total. The molecule has 0 saturated carbocycles. The largest absolute Gasteiger partial charge is 0.467 e. The second-order valence-corrected chi connectivity index (χ2v) is 8.46.